The summed E-state index contributed by atoms with van der Waals surface area (Å²) in [6.45, 7) is 2.93. The monoisotopic (exact) mass is 278 g/mol. The molecule has 1 heterocycles. The fourth-order valence-electron chi connectivity index (χ4n) is 5.57. The highest BCUT2D eigenvalue weighted by molar-refractivity contribution is 5.84. The van der Waals surface area contributed by atoms with Crippen LogP contribution in [-0.2, 0) is 9.53 Å². The molecule has 0 spiro atoms. The lowest BCUT2D eigenvalue weighted by Gasteiger charge is -2.57. The van der Waals surface area contributed by atoms with Crippen LogP contribution in [0.15, 0.2) is 0 Å². The number of ether oxygens (including phenoxy) is 1. The third-order valence-corrected chi connectivity index (χ3v) is 6.45. The molecular formula is C16H26N2O2. The quantitative estimate of drug-likeness (QED) is 0.803. The Kier molecular flexibility index (Phi) is 2.75. The van der Waals surface area contributed by atoms with Crippen molar-refractivity contribution >= 4 is 5.91 Å². The van der Waals surface area contributed by atoms with Gasteiger partial charge in [0.1, 0.15) is 0 Å². The smallest absolute Gasteiger partial charge is 0.230 e. The third kappa shape index (κ3) is 1.84. The molecule has 5 aliphatic rings. The average Bonchev–Trinajstić information content (AvgIpc) is 2.68. The molecule has 0 aromatic rings. The zero-order chi connectivity index (χ0) is 14.0. The Balaban J connectivity index is 1.53. The van der Waals surface area contributed by atoms with E-state index in [0.29, 0.717) is 13.2 Å². The van der Waals surface area contributed by atoms with Crippen LogP contribution in [0.2, 0.25) is 0 Å². The summed E-state index contributed by atoms with van der Waals surface area (Å²) in [6.07, 6.45) is 7.77. The van der Waals surface area contributed by atoms with Crippen molar-refractivity contribution in [1.29, 1.82) is 0 Å². The van der Waals surface area contributed by atoms with Gasteiger partial charge in [0.15, 0.2) is 0 Å². The predicted molar refractivity (Wildman–Crippen MR) is 75.9 cm³/mol. The van der Waals surface area contributed by atoms with E-state index in [0.717, 1.165) is 17.8 Å². The molecule has 2 unspecified atom stereocenters. The first-order valence-electron chi connectivity index (χ1n) is 8.15. The van der Waals surface area contributed by atoms with Crippen LogP contribution in [-0.4, -0.2) is 30.7 Å². The number of carbonyl (C=O) groups is 1. The number of amides is 1. The molecule has 112 valence electrons. The molecule has 3 N–H and O–H groups in total. The van der Waals surface area contributed by atoms with Crippen molar-refractivity contribution in [2.24, 2.45) is 28.9 Å². The lowest BCUT2D eigenvalue weighted by molar-refractivity contribution is -0.136. The van der Waals surface area contributed by atoms with Gasteiger partial charge in [0.05, 0.1) is 18.6 Å². The van der Waals surface area contributed by atoms with Crippen LogP contribution in [0.25, 0.3) is 0 Å². The number of rotatable bonds is 2. The number of hydrogen-bond acceptors (Lipinski definition) is 3. The summed E-state index contributed by atoms with van der Waals surface area (Å²) in [5.41, 5.74) is 5.64. The molecule has 4 nitrogen and oxygen atoms in total. The summed E-state index contributed by atoms with van der Waals surface area (Å²) in [6, 6.07) is -0.170. The van der Waals surface area contributed by atoms with Crippen molar-refractivity contribution < 1.29 is 9.53 Å². The second kappa shape index (κ2) is 4.20. The zero-order valence-electron chi connectivity index (χ0n) is 12.4. The highest BCUT2D eigenvalue weighted by Gasteiger charge is 2.54. The van der Waals surface area contributed by atoms with Gasteiger partial charge in [0, 0.05) is 11.6 Å². The van der Waals surface area contributed by atoms with Crippen molar-refractivity contribution in [3.05, 3.63) is 0 Å². The third-order valence-electron chi connectivity index (χ3n) is 6.45. The standard InChI is InChI=1S/C16H26N2O2/c1-15(9-20-8-13(15)17)14(19)18-16-5-10-2-11(6-16)4-12(3-10)7-16/h10-13H,2-9,17H2,1H3,(H,18,19). The molecule has 20 heavy (non-hydrogen) atoms. The van der Waals surface area contributed by atoms with E-state index in [1.165, 1.54) is 38.5 Å². The summed E-state index contributed by atoms with van der Waals surface area (Å²) in [7, 11) is 0. The lowest BCUT2D eigenvalue weighted by atomic mass is 9.53. The topological polar surface area (TPSA) is 64.3 Å². The van der Waals surface area contributed by atoms with Gasteiger partial charge in [-0.25, -0.2) is 0 Å². The van der Waals surface area contributed by atoms with Gasteiger partial charge < -0.3 is 15.8 Å². The first-order chi connectivity index (χ1) is 9.49. The Morgan fingerprint density at radius 3 is 2.15 bits per heavy atom. The molecule has 5 rings (SSSR count). The van der Waals surface area contributed by atoms with Crippen molar-refractivity contribution in [2.75, 3.05) is 13.2 Å². The second-order valence-electron chi connectivity index (χ2n) is 8.19. The molecule has 0 radical (unpaired) electrons. The fraction of sp³-hybridized carbons (Fsp3) is 0.938. The van der Waals surface area contributed by atoms with Gasteiger partial charge >= 0.3 is 0 Å². The van der Waals surface area contributed by atoms with E-state index in [-0.39, 0.29) is 17.5 Å². The van der Waals surface area contributed by atoms with Crippen molar-refractivity contribution in [2.45, 2.75) is 57.0 Å². The maximum absolute atomic E-state index is 12.8. The second-order valence-corrected chi connectivity index (χ2v) is 8.19. The highest BCUT2D eigenvalue weighted by atomic mass is 16.5. The van der Waals surface area contributed by atoms with E-state index in [9.17, 15) is 4.79 Å². The molecule has 1 amide bonds. The van der Waals surface area contributed by atoms with Gasteiger partial charge in [-0.2, -0.15) is 0 Å². The molecule has 5 fully saturated rings. The van der Waals surface area contributed by atoms with E-state index >= 15 is 0 Å². The van der Waals surface area contributed by atoms with Crippen LogP contribution in [0.1, 0.15) is 45.4 Å². The van der Waals surface area contributed by atoms with Crippen LogP contribution in [0.3, 0.4) is 0 Å². The van der Waals surface area contributed by atoms with E-state index in [1.807, 2.05) is 6.92 Å². The first-order valence-corrected chi connectivity index (χ1v) is 8.15. The molecule has 4 saturated carbocycles. The zero-order valence-corrected chi connectivity index (χ0v) is 12.4. The average molecular weight is 278 g/mol. The molecule has 4 bridgehead atoms. The van der Waals surface area contributed by atoms with E-state index in [2.05, 4.69) is 5.32 Å². The molecule has 4 heteroatoms. The van der Waals surface area contributed by atoms with Gasteiger partial charge in [-0.15, -0.1) is 0 Å². The minimum atomic E-state index is -0.538. The Hall–Kier alpha value is -0.610. The number of hydrogen-bond donors (Lipinski definition) is 2. The van der Waals surface area contributed by atoms with Crippen LogP contribution in [0.4, 0.5) is 0 Å². The molecule has 1 saturated heterocycles. The maximum atomic E-state index is 12.8. The summed E-state index contributed by atoms with van der Waals surface area (Å²) in [4.78, 5) is 12.8. The predicted octanol–water partition coefficient (Wildman–Crippen LogP) is 1.44. The number of carbonyl (C=O) groups excluding carboxylic acids is 1. The fourth-order valence-corrected chi connectivity index (χ4v) is 5.57. The van der Waals surface area contributed by atoms with Gasteiger partial charge in [-0.05, 0) is 63.2 Å². The van der Waals surface area contributed by atoms with Gasteiger partial charge in [-0.3, -0.25) is 4.79 Å². The van der Waals surface area contributed by atoms with E-state index in [4.69, 9.17) is 10.5 Å². The summed E-state index contributed by atoms with van der Waals surface area (Å²) in [5.74, 6) is 2.68. The number of nitrogens with one attached hydrogen (secondary N) is 1. The normalized spacial score (nSPS) is 53.3. The minimum Gasteiger partial charge on any atom is -0.379 e. The molecule has 0 aromatic carbocycles. The van der Waals surface area contributed by atoms with E-state index < -0.39 is 5.41 Å². The van der Waals surface area contributed by atoms with Crippen molar-refractivity contribution in [3.8, 4) is 0 Å². The maximum Gasteiger partial charge on any atom is 0.230 e. The number of nitrogens with two attached hydrogens (primary N) is 1. The van der Waals surface area contributed by atoms with Crippen LogP contribution in [0.5, 0.6) is 0 Å². The Morgan fingerprint density at radius 2 is 1.70 bits per heavy atom. The summed E-state index contributed by atoms with van der Waals surface area (Å²) < 4.78 is 5.43. The van der Waals surface area contributed by atoms with Gasteiger partial charge in [-0.1, -0.05) is 0 Å². The van der Waals surface area contributed by atoms with Crippen molar-refractivity contribution in [3.63, 3.8) is 0 Å². The minimum absolute atomic E-state index is 0.0805. The Labute approximate surface area is 120 Å². The molecule has 1 aliphatic heterocycles. The highest BCUT2D eigenvalue weighted by Crippen LogP contribution is 2.55. The SMILES string of the molecule is CC1(C(=O)NC23CC4CC(CC(C4)C2)C3)COCC1N. The van der Waals surface area contributed by atoms with Crippen LogP contribution < -0.4 is 11.1 Å². The Morgan fingerprint density at radius 1 is 1.15 bits per heavy atom. The van der Waals surface area contributed by atoms with Crippen LogP contribution in [0, 0.1) is 23.2 Å². The van der Waals surface area contributed by atoms with Gasteiger partial charge in [0.2, 0.25) is 5.91 Å². The van der Waals surface area contributed by atoms with Crippen LogP contribution >= 0.6 is 0 Å². The molecular weight excluding hydrogens is 252 g/mol. The van der Waals surface area contributed by atoms with Gasteiger partial charge in [0.25, 0.3) is 0 Å². The Bertz CT molecular complexity index is 401. The largest absolute Gasteiger partial charge is 0.379 e. The molecule has 0 aromatic heterocycles. The van der Waals surface area contributed by atoms with E-state index in [1.54, 1.807) is 0 Å². The first kappa shape index (κ1) is 13.1. The lowest BCUT2D eigenvalue weighted by Crippen LogP contribution is -2.63. The molecule has 2 atom stereocenters. The molecule has 4 aliphatic carbocycles. The van der Waals surface area contributed by atoms with Crippen molar-refractivity contribution in [1.82, 2.24) is 5.32 Å². The summed E-state index contributed by atoms with van der Waals surface area (Å²) >= 11 is 0. The summed E-state index contributed by atoms with van der Waals surface area (Å²) in [5, 5.41) is 3.44.